The molecule has 1 amide bonds. The van der Waals surface area contributed by atoms with Crippen LogP contribution in [-0.4, -0.2) is 52.6 Å². The van der Waals surface area contributed by atoms with Gasteiger partial charge in [0.1, 0.15) is 6.10 Å². The maximum atomic E-state index is 12.7. The van der Waals surface area contributed by atoms with Crippen molar-refractivity contribution in [2.75, 3.05) is 19.8 Å². The molecule has 0 aromatic carbocycles. The number of ether oxygens (including phenoxy) is 2. The van der Waals surface area contributed by atoms with E-state index in [0.717, 1.165) is 44.4 Å². The topological polar surface area (TPSA) is 56.6 Å². The Kier molecular flexibility index (Phi) is 5.33. The molecule has 6 nitrogen and oxygen atoms in total. The van der Waals surface area contributed by atoms with Crippen LogP contribution in [0.5, 0.6) is 0 Å². The summed E-state index contributed by atoms with van der Waals surface area (Å²) in [5, 5.41) is 4.23. The second kappa shape index (κ2) is 7.45. The van der Waals surface area contributed by atoms with Crippen molar-refractivity contribution in [3.63, 3.8) is 0 Å². The molecule has 128 valence electrons. The molecule has 3 unspecified atom stereocenters. The Hall–Kier alpha value is -1.40. The lowest BCUT2D eigenvalue weighted by molar-refractivity contribution is -0.147. The Morgan fingerprint density at radius 2 is 2.30 bits per heavy atom. The average Bonchev–Trinajstić information content (AvgIpc) is 3.21. The van der Waals surface area contributed by atoms with Crippen LogP contribution in [0.15, 0.2) is 12.4 Å². The zero-order valence-electron chi connectivity index (χ0n) is 14.1. The van der Waals surface area contributed by atoms with Crippen LogP contribution in [0.1, 0.15) is 50.6 Å². The van der Waals surface area contributed by atoms with E-state index in [1.165, 1.54) is 6.42 Å². The SMILES string of the molecule is CC(OCC1CCCCO1)C(=O)N1CCCC1c1cnn(C)c1. The number of hydrogen-bond donors (Lipinski definition) is 0. The molecule has 2 fully saturated rings. The Labute approximate surface area is 137 Å². The minimum atomic E-state index is -0.419. The van der Waals surface area contributed by atoms with Gasteiger partial charge in [0.15, 0.2) is 0 Å². The van der Waals surface area contributed by atoms with Crippen LogP contribution in [0, 0.1) is 0 Å². The van der Waals surface area contributed by atoms with Crippen LogP contribution in [-0.2, 0) is 21.3 Å². The van der Waals surface area contributed by atoms with Crippen molar-refractivity contribution in [2.24, 2.45) is 7.05 Å². The summed E-state index contributed by atoms with van der Waals surface area (Å²) in [5.41, 5.74) is 1.11. The van der Waals surface area contributed by atoms with E-state index in [4.69, 9.17) is 9.47 Å². The lowest BCUT2D eigenvalue weighted by atomic mass is 10.1. The number of aromatic nitrogens is 2. The van der Waals surface area contributed by atoms with Gasteiger partial charge in [0.2, 0.25) is 0 Å². The smallest absolute Gasteiger partial charge is 0.251 e. The first-order valence-corrected chi connectivity index (χ1v) is 8.67. The fourth-order valence-electron chi connectivity index (χ4n) is 3.48. The first-order valence-electron chi connectivity index (χ1n) is 8.67. The fraction of sp³-hybridized carbons (Fsp3) is 0.765. The van der Waals surface area contributed by atoms with E-state index in [-0.39, 0.29) is 18.1 Å². The monoisotopic (exact) mass is 321 g/mol. The van der Waals surface area contributed by atoms with Crippen LogP contribution < -0.4 is 0 Å². The first kappa shape index (κ1) is 16.5. The van der Waals surface area contributed by atoms with Gasteiger partial charge in [-0.3, -0.25) is 9.48 Å². The summed E-state index contributed by atoms with van der Waals surface area (Å²) in [4.78, 5) is 14.7. The van der Waals surface area contributed by atoms with Gasteiger partial charge in [0, 0.05) is 32.0 Å². The fourth-order valence-corrected chi connectivity index (χ4v) is 3.48. The molecule has 2 aliphatic heterocycles. The van der Waals surface area contributed by atoms with Crippen LogP contribution >= 0.6 is 0 Å². The highest BCUT2D eigenvalue weighted by Crippen LogP contribution is 2.32. The second-order valence-electron chi connectivity index (χ2n) is 6.60. The summed E-state index contributed by atoms with van der Waals surface area (Å²) < 4.78 is 13.3. The van der Waals surface area contributed by atoms with E-state index in [2.05, 4.69) is 5.10 Å². The number of carbonyl (C=O) groups is 1. The summed E-state index contributed by atoms with van der Waals surface area (Å²) in [6, 6.07) is 0.133. The lowest BCUT2D eigenvalue weighted by Crippen LogP contribution is -2.40. The minimum absolute atomic E-state index is 0.0761. The number of rotatable bonds is 5. The number of likely N-dealkylation sites (tertiary alicyclic amines) is 1. The van der Waals surface area contributed by atoms with Gasteiger partial charge < -0.3 is 14.4 Å². The van der Waals surface area contributed by atoms with Crippen molar-refractivity contribution in [3.8, 4) is 0 Å². The molecular formula is C17H27N3O3. The first-order chi connectivity index (χ1) is 11.1. The summed E-state index contributed by atoms with van der Waals surface area (Å²) >= 11 is 0. The molecule has 0 bridgehead atoms. The summed E-state index contributed by atoms with van der Waals surface area (Å²) in [7, 11) is 1.90. The maximum absolute atomic E-state index is 12.7. The van der Waals surface area contributed by atoms with Crippen molar-refractivity contribution in [2.45, 2.75) is 57.3 Å². The molecule has 2 saturated heterocycles. The molecule has 0 radical (unpaired) electrons. The van der Waals surface area contributed by atoms with E-state index in [9.17, 15) is 4.79 Å². The van der Waals surface area contributed by atoms with Gasteiger partial charge in [-0.25, -0.2) is 0 Å². The van der Waals surface area contributed by atoms with Gasteiger partial charge in [0.25, 0.3) is 5.91 Å². The van der Waals surface area contributed by atoms with Gasteiger partial charge in [-0.1, -0.05) is 0 Å². The second-order valence-corrected chi connectivity index (χ2v) is 6.60. The number of nitrogens with zero attached hydrogens (tertiary/aromatic N) is 3. The zero-order chi connectivity index (χ0) is 16.2. The minimum Gasteiger partial charge on any atom is -0.376 e. The highest BCUT2D eigenvalue weighted by atomic mass is 16.5. The highest BCUT2D eigenvalue weighted by molar-refractivity contribution is 5.81. The van der Waals surface area contributed by atoms with E-state index < -0.39 is 6.10 Å². The third-order valence-electron chi connectivity index (χ3n) is 4.80. The number of carbonyl (C=O) groups excluding carboxylic acids is 1. The molecule has 3 atom stereocenters. The molecular weight excluding hydrogens is 294 g/mol. The molecule has 6 heteroatoms. The summed E-state index contributed by atoms with van der Waals surface area (Å²) in [6.45, 7) is 3.97. The van der Waals surface area contributed by atoms with Gasteiger partial charge in [-0.15, -0.1) is 0 Å². The Bertz CT molecular complexity index is 525. The van der Waals surface area contributed by atoms with Crippen LogP contribution in [0.4, 0.5) is 0 Å². The van der Waals surface area contributed by atoms with E-state index in [1.54, 1.807) is 4.68 Å². The van der Waals surface area contributed by atoms with Crippen molar-refractivity contribution < 1.29 is 14.3 Å². The zero-order valence-corrected chi connectivity index (χ0v) is 14.1. The molecule has 0 spiro atoms. The average molecular weight is 321 g/mol. The number of amides is 1. The quantitative estimate of drug-likeness (QED) is 0.833. The molecule has 23 heavy (non-hydrogen) atoms. The van der Waals surface area contributed by atoms with Crippen molar-refractivity contribution in [3.05, 3.63) is 18.0 Å². The largest absolute Gasteiger partial charge is 0.376 e. The van der Waals surface area contributed by atoms with Crippen molar-refractivity contribution in [1.82, 2.24) is 14.7 Å². The maximum Gasteiger partial charge on any atom is 0.251 e. The third-order valence-corrected chi connectivity index (χ3v) is 4.80. The van der Waals surface area contributed by atoms with Crippen LogP contribution in [0.2, 0.25) is 0 Å². The summed E-state index contributed by atoms with van der Waals surface area (Å²) in [5.74, 6) is 0.0761. The van der Waals surface area contributed by atoms with E-state index in [1.807, 2.05) is 31.3 Å². The van der Waals surface area contributed by atoms with Crippen LogP contribution in [0.3, 0.4) is 0 Å². The molecule has 1 aromatic rings. The van der Waals surface area contributed by atoms with Crippen molar-refractivity contribution >= 4 is 5.91 Å². The predicted octanol–water partition coefficient (Wildman–Crippen LogP) is 2.06. The van der Waals surface area contributed by atoms with Crippen molar-refractivity contribution in [1.29, 1.82) is 0 Å². The Morgan fingerprint density at radius 1 is 1.43 bits per heavy atom. The van der Waals surface area contributed by atoms with Crippen LogP contribution in [0.25, 0.3) is 0 Å². The predicted molar refractivity (Wildman–Crippen MR) is 85.9 cm³/mol. The Balaban J connectivity index is 1.55. The molecule has 2 aliphatic rings. The van der Waals surface area contributed by atoms with Gasteiger partial charge in [-0.2, -0.15) is 5.10 Å². The van der Waals surface area contributed by atoms with E-state index in [0.29, 0.717) is 6.61 Å². The molecule has 0 aliphatic carbocycles. The standard InChI is InChI=1S/C17H27N3O3/c1-13(23-12-15-6-3-4-9-22-15)17(21)20-8-5-7-16(20)14-10-18-19(2)11-14/h10-11,13,15-16H,3-9,12H2,1-2H3. The van der Waals surface area contributed by atoms with Gasteiger partial charge >= 0.3 is 0 Å². The lowest BCUT2D eigenvalue weighted by Gasteiger charge is -2.28. The molecule has 0 saturated carbocycles. The van der Waals surface area contributed by atoms with Gasteiger partial charge in [-0.05, 0) is 39.0 Å². The highest BCUT2D eigenvalue weighted by Gasteiger charge is 2.33. The third kappa shape index (κ3) is 3.93. The van der Waals surface area contributed by atoms with E-state index >= 15 is 0 Å². The molecule has 1 aromatic heterocycles. The number of aryl methyl sites for hydroxylation is 1. The summed E-state index contributed by atoms with van der Waals surface area (Å²) in [6.07, 6.45) is 8.96. The normalized spacial score (nSPS) is 26.4. The Morgan fingerprint density at radius 3 is 3.00 bits per heavy atom. The van der Waals surface area contributed by atoms with Gasteiger partial charge in [0.05, 0.1) is 24.9 Å². The molecule has 0 N–H and O–H groups in total. The molecule has 3 rings (SSSR count). The molecule has 3 heterocycles. The number of hydrogen-bond acceptors (Lipinski definition) is 4.